The lowest BCUT2D eigenvalue weighted by molar-refractivity contribution is 0.0651. The van der Waals surface area contributed by atoms with E-state index in [1.807, 2.05) is 0 Å². The minimum atomic E-state index is -3.75. The number of ether oxygens (including phenoxy) is 1. The van der Waals surface area contributed by atoms with Gasteiger partial charge in [-0.25, -0.2) is 22.2 Å². The molecule has 0 bridgehead atoms. The summed E-state index contributed by atoms with van der Waals surface area (Å²) in [4.78, 5) is 3.98. The lowest BCUT2D eigenvalue weighted by atomic mass is 9.94. The van der Waals surface area contributed by atoms with Crippen molar-refractivity contribution in [3.8, 4) is 0 Å². The van der Waals surface area contributed by atoms with Crippen LogP contribution in [-0.2, 0) is 21.8 Å². The van der Waals surface area contributed by atoms with Crippen LogP contribution in [0.15, 0.2) is 35.7 Å². The molecular formula is C18H22F2N4O3S. The van der Waals surface area contributed by atoms with Crippen molar-refractivity contribution in [3.63, 3.8) is 0 Å². The molecule has 28 heavy (non-hydrogen) atoms. The summed E-state index contributed by atoms with van der Waals surface area (Å²) in [6.45, 7) is 1.12. The van der Waals surface area contributed by atoms with Gasteiger partial charge in [-0.15, -0.1) is 0 Å². The van der Waals surface area contributed by atoms with Gasteiger partial charge in [-0.2, -0.15) is 4.31 Å². The van der Waals surface area contributed by atoms with Crippen LogP contribution in [0.2, 0.25) is 0 Å². The molecule has 7 nitrogen and oxygen atoms in total. The first-order valence-corrected chi connectivity index (χ1v) is 10.6. The van der Waals surface area contributed by atoms with Crippen molar-refractivity contribution < 1.29 is 21.9 Å². The summed E-state index contributed by atoms with van der Waals surface area (Å²) in [5.41, 5.74) is 0.406. The van der Waals surface area contributed by atoms with Crippen LogP contribution in [0.5, 0.6) is 0 Å². The number of anilines is 1. The van der Waals surface area contributed by atoms with E-state index in [4.69, 9.17) is 4.74 Å². The predicted octanol–water partition coefficient (Wildman–Crippen LogP) is 1.98. The van der Waals surface area contributed by atoms with Crippen molar-refractivity contribution in [1.29, 1.82) is 0 Å². The van der Waals surface area contributed by atoms with E-state index in [-0.39, 0.29) is 36.2 Å². The number of nitrogens with zero attached hydrogens (tertiary/aromatic N) is 3. The summed E-state index contributed by atoms with van der Waals surface area (Å²) < 4.78 is 61.5. The normalized spacial score (nSPS) is 26.0. The molecule has 4 rings (SSSR count). The van der Waals surface area contributed by atoms with Gasteiger partial charge in [-0.3, -0.25) is 0 Å². The molecule has 3 heterocycles. The molecule has 0 spiro atoms. The molecule has 1 aromatic heterocycles. The Morgan fingerprint density at radius 2 is 2.07 bits per heavy atom. The van der Waals surface area contributed by atoms with Crippen LogP contribution < -0.4 is 5.32 Å². The number of aryl methyl sites for hydroxylation is 1. The Balaban J connectivity index is 1.59. The lowest BCUT2D eigenvalue weighted by Gasteiger charge is -2.25. The smallest absolute Gasteiger partial charge is 0.262 e. The van der Waals surface area contributed by atoms with Gasteiger partial charge in [0.2, 0.25) is 0 Å². The zero-order valence-electron chi connectivity index (χ0n) is 15.4. The molecule has 0 radical (unpaired) electrons. The minimum Gasteiger partial charge on any atom is -0.380 e. The van der Waals surface area contributed by atoms with Crippen LogP contribution in [-0.4, -0.2) is 54.1 Å². The van der Waals surface area contributed by atoms with E-state index in [9.17, 15) is 17.2 Å². The van der Waals surface area contributed by atoms with Gasteiger partial charge in [0, 0.05) is 56.7 Å². The van der Waals surface area contributed by atoms with Crippen molar-refractivity contribution >= 4 is 15.7 Å². The van der Waals surface area contributed by atoms with E-state index in [2.05, 4.69) is 10.3 Å². The van der Waals surface area contributed by atoms with Crippen molar-refractivity contribution in [2.45, 2.75) is 30.0 Å². The van der Waals surface area contributed by atoms with Gasteiger partial charge in [-0.05, 0) is 25.0 Å². The molecular weight excluding hydrogens is 390 g/mol. The number of aromatic nitrogens is 2. The van der Waals surface area contributed by atoms with Crippen LogP contribution in [0, 0.1) is 17.6 Å². The lowest BCUT2D eigenvalue weighted by Crippen LogP contribution is -2.35. The van der Waals surface area contributed by atoms with Gasteiger partial charge in [-0.1, -0.05) is 0 Å². The zero-order valence-corrected chi connectivity index (χ0v) is 16.2. The van der Waals surface area contributed by atoms with Gasteiger partial charge in [0.05, 0.1) is 12.4 Å². The molecule has 1 N–H and O–H groups in total. The van der Waals surface area contributed by atoms with Crippen LogP contribution in [0.25, 0.3) is 0 Å². The van der Waals surface area contributed by atoms with E-state index in [0.29, 0.717) is 12.3 Å². The van der Waals surface area contributed by atoms with Crippen LogP contribution in [0.3, 0.4) is 0 Å². The SMILES string of the molecule is Cn1cnc(S(=O)(=O)N2CC(Nc3ccc(F)c(F)c3)C(C3CCCO3)C2)c1. The van der Waals surface area contributed by atoms with Gasteiger partial charge in [0.15, 0.2) is 16.7 Å². The summed E-state index contributed by atoms with van der Waals surface area (Å²) in [6.07, 6.45) is 4.60. The van der Waals surface area contributed by atoms with Crippen molar-refractivity contribution in [3.05, 3.63) is 42.4 Å². The predicted molar refractivity (Wildman–Crippen MR) is 98.2 cm³/mol. The number of hydrogen-bond donors (Lipinski definition) is 1. The first kappa shape index (κ1) is 19.3. The quantitative estimate of drug-likeness (QED) is 0.813. The topological polar surface area (TPSA) is 76.5 Å². The molecule has 0 aliphatic carbocycles. The molecule has 3 atom stereocenters. The summed E-state index contributed by atoms with van der Waals surface area (Å²) in [5, 5.41) is 3.17. The number of imidazole rings is 1. The average Bonchev–Trinajstić information content (AvgIpc) is 3.38. The Morgan fingerprint density at radius 3 is 2.71 bits per heavy atom. The highest BCUT2D eigenvalue weighted by molar-refractivity contribution is 7.89. The van der Waals surface area contributed by atoms with Gasteiger partial charge < -0.3 is 14.6 Å². The summed E-state index contributed by atoms with van der Waals surface area (Å²) in [5.74, 6) is -1.98. The van der Waals surface area contributed by atoms with Crippen molar-refractivity contribution in [2.75, 3.05) is 25.0 Å². The molecule has 0 amide bonds. The number of rotatable bonds is 5. The van der Waals surface area contributed by atoms with Gasteiger partial charge in [0.1, 0.15) is 0 Å². The van der Waals surface area contributed by atoms with E-state index in [1.54, 1.807) is 11.6 Å². The highest BCUT2D eigenvalue weighted by Gasteiger charge is 2.44. The first-order valence-electron chi connectivity index (χ1n) is 9.16. The number of halogens is 2. The largest absolute Gasteiger partial charge is 0.380 e. The van der Waals surface area contributed by atoms with Crippen LogP contribution in [0.4, 0.5) is 14.5 Å². The second kappa shape index (κ2) is 7.41. The Hall–Kier alpha value is -2.04. The molecule has 1 aromatic carbocycles. The standard InChI is InChI=1S/C18H22F2N4O3S/c1-23-10-18(21-11-23)28(25,26)24-8-13(17-3-2-6-27-17)16(9-24)22-12-4-5-14(19)15(20)7-12/h4-5,7,10-11,13,16-17,22H,2-3,6,8-9H2,1H3. The van der Waals surface area contributed by atoms with E-state index in [0.717, 1.165) is 25.0 Å². The Kier molecular flexibility index (Phi) is 5.11. The third-order valence-corrected chi connectivity index (χ3v) is 7.05. The third kappa shape index (κ3) is 3.63. The maximum atomic E-state index is 13.6. The maximum Gasteiger partial charge on any atom is 0.262 e. The summed E-state index contributed by atoms with van der Waals surface area (Å²) in [7, 11) is -2.04. The van der Waals surface area contributed by atoms with Crippen LogP contribution >= 0.6 is 0 Å². The van der Waals surface area contributed by atoms with E-state index >= 15 is 0 Å². The van der Waals surface area contributed by atoms with Gasteiger partial charge in [0.25, 0.3) is 10.0 Å². The Bertz CT molecular complexity index is 959. The first-order chi connectivity index (χ1) is 13.3. The molecule has 2 aliphatic heterocycles. The maximum absolute atomic E-state index is 13.6. The summed E-state index contributed by atoms with van der Waals surface area (Å²) >= 11 is 0. The van der Waals surface area contributed by atoms with Crippen molar-refractivity contribution in [2.24, 2.45) is 13.0 Å². The highest BCUT2D eigenvalue weighted by Crippen LogP contribution is 2.33. The number of benzene rings is 1. The zero-order chi connectivity index (χ0) is 19.9. The van der Waals surface area contributed by atoms with Crippen molar-refractivity contribution in [1.82, 2.24) is 13.9 Å². The third-order valence-electron chi connectivity index (χ3n) is 5.33. The van der Waals surface area contributed by atoms with Gasteiger partial charge >= 0.3 is 0 Å². The summed E-state index contributed by atoms with van der Waals surface area (Å²) in [6, 6.07) is 3.29. The van der Waals surface area contributed by atoms with E-state index in [1.165, 1.54) is 22.9 Å². The molecule has 152 valence electrons. The molecule has 2 saturated heterocycles. The molecule has 2 aromatic rings. The minimum absolute atomic E-state index is 0.00503. The molecule has 3 unspecified atom stereocenters. The Labute approximate surface area is 162 Å². The second-order valence-electron chi connectivity index (χ2n) is 7.29. The number of nitrogens with one attached hydrogen (secondary N) is 1. The number of sulfonamides is 1. The van der Waals surface area contributed by atoms with E-state index < -0.39 is 21.7 Å². The molecule has 2 fully saturated rings. The monoisotopic (exact) mass is 412 g/mol. The number of hydrogen-bond acceptors (Lipinski definition) is 5. The Morgan fingerprint density at radius 1 is 1.25 bits per heavy atom. The van der Waals surface area contributed by atoms with Crippen LogP contribution in [0.1, 0.15) is 12.8 Å². The highest BCUT2D eigenvalue weighted by atomic mass is 32.2. The fraction of sp³-hybridized carbons (Fsp3) is 0.500. The fourth-order valence-electron chi connectivity index (χ4n) is 3.91. The fourth-order valence-corrected chi connectivity index (χ4v) is 5.38. The second-order valence-corrected chi connectivity index (χ2v) is 9.18. The molecule has 10 heteroatoms. The molecule has 0 saturated carbocycles. The average molecular weight is 412 g/mol. The molecule has 2 aliphatic rings.